The van der Waals surface area contributed by atoms with E-state index in [1.807, 2.05) is 0 Å². The molecule has 0 N–H and O–H groups in total. The minimum atomic E-state index is -0.441. The molecule has 2 nitrogen and oxygen atoms in total. The lowest BCUT2D eigenvalue weighted by Gasteiger charge is -1.96. The Morgan fingerprint density at radius 2 is 2.40 bits per heavy atom. The molecule has 0 saturated heterocycles. The maximum absolute atomic E-state index is 11.4. The van der Waals surface area contributed by atoms with Crippen molar-refractivity contribution < 1.29 is 13.9 Å². The molecule has 0 saturated carbocycles. The molecule has 10 heavy (non-hydrogen) atoms. The van der Waals surface area contributed by atoms with Gasteiger partial charge < -0.3 is 4.74 Å². The van der Waals surface area contributed by atoms with E-state index in [-0.39, 0.29) is 13.0 Å². The van der Waals surface area contributed by atoms with E-state index >= 15 is 0 Å². The molecule has 0 aliphatic carbocycles. The molecule has 0 aliphatic heterocycles. The topological polar surface area (TPSA) is 26.3 Å². The summed E-state index contributed by atoms with van der Waals surface area (Å²) in [6.45, 7) is 1.44. The third kappa shape index (κ3) is 5.28. The first-order valence-electron chi connectivity index (χ1n) is 3.16. The minimum absolute atomic E-state index is 0.166. The van der Waals surface area contributed by atoms with Crippen molar-refractivity contribution in [2.45, 2.75) is 13.3 Å². The molecule has 58 valence electrons. The second-order valence-corrected chi connectivity index (χ2v) is 1.71. The molecule has 0 spiro atoms. The van der Waals surface area contributed by atoms with Gasteiger partial charge in [-0.05, 0) is 6.92 Å². The number of halogens is 1. The molecule has 0 rings (SSSR count). The number of carbonyl (C=O) groups excluding carboxylic acids is 1. The van der Waals surface area contributed by atoms with Crippen LogP contribution in [0.25, 0.3) is 0 Å². The van der Waals surface area contributed by atoms with Gasteiger partial charge in [-0.15, -0.1) is 0 Å². The van der Waals surface area contributed by atoms with E-state index in [1.54, 1.807) is 13.0 Å². The molecule has 0 aliphatic rings. The largest absolute Gasteiger partial charge is 0.462 e. The molecule has 0 bridgehead atoms. The number of alkyl halides is 1. The maximum atomic E-state index is 11.4. The van der Waals surface area contributed by atoms with E-state index in [2.05, 4.69) is 4.74 Å². The van der Waals surface area contributed by atoms with Crippen molar-refractivity contribution in [3.63, 3.8) is 0 Å². The van der Waals surface area contributed by atoms with Gasteiger partial charge >= 0.3 is 5.97 Å². The highest BCUT2D eigenvalue weighted by Crippen LogP contribution is 1.85. The lowest BCUT2D eigenvalue weighted by molar-refractivity contribution is -0.137. The molecule has 0 aromatic carbocycles. The van der Waals surface area contributed by atoms with Gasteiger partial charge in [0.2, 0.25) is 0 Å². The van der Waals surface area contributed by atoms with Crippen molar-refractivity contribution in [3.8, 4) is 0 Å². The second-order valence-electron chi connectivity index (χ2n) is 1.71. The molecule has 0 fully saturated rings. The Balaban J connectivity index is 3.22. The van der Waals surface area contributed by atoms with Crippen LogP contribution in [0.3, 0.4) is 0 Å². The van der Waals surface area contributed by atoms with Gasteiger partial charge in [-0.1, -0.05) is 6.08 Å². The van der Waals surface area contributed by atoms with E-state index in [1.165, 1.54) is 6.08 Å². The molecule has 0 aromatic heterocycles. The summed E-state index contributed by atoms with van der Waals surface area (Å²) in [4.78, 5) is 10.5. The van der Waals surface area contributed by atoms with Crippen LogP contribution in [-0.2, 0) is 9.53 Å². The van der Waals surface area contributed by atoms with E-state index in [9.17, 15) is 9.18 Å². The molecule has 0 heterocycles. The van der Waals surface area contributed by atoms with Crippen molar-refractivity contribution in [3.05, 3.63) is 12.2 Å². The number of esters is 1. The number of rotatable bonds is 4. The standard InChI is InChI=1S/C7H11FO2/c1-2-4-7(9)10-6-3-5-8/h2,4H,3,5-6H2,1H3. The van der Waals surface area contributed by atoms with Crippen molar-refractivity contribution in [1.29, 1.82) is 0 Å². The number of ether oxygens (including phenoxy) is 1. The highest BCUT2D eigenvalue weighted by Gasteiger charge is 1.93. The number of hydrogen-bond acceptors (Lipinski definition) is 2. The first-order valence-corrected chi connectivity index (χ1v) is 3.16. The average molecular weight is 146 g/mol. The van der Waals surface area contributed by atoms with Crippen LogP contribution in [0.1, 0.15) is 13.3 Å². The van der Waals surface area contributed by atoms with Gasteiger partial charge in [-0.25, -0.2) is 4.79 Å². The molecule has 0 amide bonds. The van der Waals surface area contributed by atoms with Crippen LogP contribution in [0.2, 0.25) is 0 Å². The maximum Gasteiger partial charge on any atom is 0.330 e. The van der Waals surface area contributed by atoms with Crippen molar-refractivity contribution in [1.82, 2.24) is 0 Å². The molecule has 3 heteroatoms. The van der Waals surface area contributed by atoms with Gasteiger partial charge in [0, 0.05) is 12.5 Å². The Bertz CT molecular complexity index is 121. The lowest BCUT2D eigenvalue weighted by atomic mass is 10.5. The SMILES string of the molecule is CC=CC(=O)OCCCF. The van der Waals surface area contributed by atoms with Gasteiger partial charge in [0.05, 0.1) is 13.3 Å². The summed E-state index contributed by atoms with van der Waals surface area (Å²) in [7, 11) is 0. The normalized spacial score (nSPS) is 10.2. The zero-order valence-electron chi connectivity index (χ0n) is 5.97. The van der Waals surface area contributed by atoms with Crippen molar-refractivity contribution >= 4 is 5.97 Å². The van der Waals surface area contributed by atoms with E-state index in [4.69, 9.17) is 0 Å². The quantitative estimate of drug-likeness (QED) is 0.341. The average Bonchev–Trinajstić information content (AvgIpc) is 1.89. The van der Waals surface area contributed by atoms with Gasteiger partial charge in [-0.3, -0.25) is 4.39 Å². The summed E-state index contributed by atoms with van der Waals surface area (Å²) in [5, 5.41) is 0. The summed E-state index contributed by atoms with van der Waals surface area (Å²) in [6, 6.07) is 0. The van der Waals surface area contributed by atoms with Gasteiger partial charge in [0.1, 0.15) is 0 Å². The Hall–Kier alpha value is -0.860. The Morgan fingerprint density at radius 1 is 1.70 bits per heavy atom. The zero-order valence-corrected chi connectivity index (χ0v) is 5.97. The fourth-order valence-electron chi connectivity index (χ4n) is 0.412. The van der Waals surface area contributed by atoms with Crippen molar-refractivity contribution in [2.75, 3.05) is 13.3 Å². The molecular weight excluding hydrogens is 135 g/mol. The van der Waals surface area contributed by atoms with Gasteiger partial charge in [0.15, 0.2) is 0 Å². The van der Waals surface area contributed by atoms with Crippen LogP contribution in [0, 0.1) is 0 Å². The van der Waals surface area contributed by atoms with Gasteiger partial charge in [0.25, 0.3) is 0 Å². The summed E-state index contributed by atoms with van der Waals surface area (Å²) in [5.74, 6) is -0.407. The zero-order chi connectivity index (χ0) is 7.82. The lowest BCUT2D eigenvalue weighted by Crippen LogP contribution is -2.02. The summed E-state index contributed by atoms with van der Waals surface area (Å²) >= 11 is 0. The minimum Gasteiger partial charge on any atom is -0.462 e. The van der Waals surface area contributed by atoms with E-state index in [0.717, 1.165) is 0 Å². The summed E-state index contributed by atoms with van der Waals surface area (Å²) < 4.78 is 16.0. The van der Waals surface area contributed by atoms with Gasteiger partial charge in [-0.2, -0.15) is 0 Å². The van der Waals surface area contributed by atoms with E-state index in [0.29, 0.717) is 0 Å². The highest BCUT2D eigenvalue weighted by molar-refractivity contribution is 5.81. The second kappa shape index (κ2) is 6.26. The Kier molecular flexibility index (Phi) is 5.72. The van der Waals surface area contributed by atoms with Crippen LogP contribution in [-0.4, -0.2) is 19.3 Å². The number of carbonyl (C=O) groups is 1. The molecule has 0 aromatic rings. The number of allylic oxidation sites excluding steroid dienone is 1. The first-order chi connectivity index (χ1) is 4.81. The molecule has 0 unspecified atom stereocenters. The monoisotopic (exact) mass is 146 g/mol. The third-order valence-corrected chi connectivity index (χ3v) is 0.825. The molecule has 0 atom stereocenters. The Labute approximate surface area is 59.7 Å². The smallest absolute Gasteiger partial charge is 0.330 e. The highest BCUT2D eigenvalue weighted by atomic mass is 19.1. The van der Waals surface area contributed by atoms with Crippen LogP contribution in [0.4, 0.5) is 4.39 Å². The van der Waals surface area contributed by atoms with E-state index < -0.39 is 12.6 Å². The molecular formula is C7H11FO2. The Morgan fingerprint density at radius 3 is 2.90 bits per heavy atom. The van der Waals surface area contributed by atoms with Crippen LogP contribution < -0.4 is 0 Å². The van der Waals surface area contributed by atoms with Crippen LogP contribution >= 0.6 is 0 Å². The summed E-state index contributed by atoms with van der Waals surface area (Å²) in [5.41, 5.74) is 0. The van der Waals surface area contributed by atoms with Crippen molar-refractivity contribution in [2.24, 2.45) is 0 Å². The van der Waals surface area contributed by atoms with Crippen LogP contribution in [0.15, 0.2) is 12.2 Å². The molecule has 0 radical (unpaired) electrons. The first kappa shape index (κ1) is 9.14. The fourth-order valence-corrected chi connectivity index (χ4v) is 0.412. The fraction of sp³-hybridized carbons (Fsp3) is 0.571. The van der Waals surface area contributed by atoms with Crippen LogP contribution in [0.5, 0.6) is 0 Å². The summed E-state index contributed by atoms with van der Waals surface area (Å²) in [6.07, 6.45) is 3.17. The predicted octanol–water partition coefficient (Wildman–Crippen LogP) is 1.47. The number of hydrogen-bond donors (Lipinski definition) is 0. The predicted molar refractivity (Wildman–Crippen MR) is 36.4 cm³/mol. The third-order valence-electron chi connectivity index (χ3n) is 0.825.